The molecule has 1 aromatic rings. The van der Waals surface area contributed by atoms with Gasteiger partial charge >= 0.3 is 0 Å². The number of ether oxygens (including phenoxy) is 1. The van der Waals surface area contributed by atoms with Gasteiger partial charge in [0.15, 0.2) is 5.96 Å². The van der Waals surface area contributed by atoms with Crippen molar-refractivity contribution in [3.63, 3.8) is 0 Å². The molecule has 0 fully saturated rings. The lowest BCUT2D eigenvalue weighted by Gasteiger charge is -2.11. The number of benzene rings is 1. The van der Waals surface area contributed by atoms with Crippen LogP contribution in [-0.2, 0) is 11.2 Å². The molecule has 0 atom stereocenters. The van der Waals surface area contributed by atoms with Crippen molar-refractivity contribution in [1.29, 1.82) is 0 Å². The Labute approximate surface area is 116 Å². The minimum Gasteiger partial charge on any atom is -0.385 e. The third-order valence-electron chi connectivity index (χ3n) is 2.87. The summed E-state index contributed by atoms with van der Waals surface area (Å²) >= 11 is 0. The summed E-state index contributed by atoms with van der Waals surface area (Å²) in [6, 6.07) is 8.64. The first-order chi connectivity index (χ1) is 9.26. The number of hydrogen-bond acceptors (Lipinski definition) is 2. The normalized spacial score (nSPS) is 11.4. The summed E-state index contributed by atoms with van der Waals surface area (Å²) in [5.41, 5.74) is 2.64. The summed E-state index contributed by atoms with van der Waals surface area (Å²) in [6.45, 7) is 4.63. The number of hydrogen-bond donors (Lipinski definition) is 2. The summed E-state index contributed by atoms with van der Waals surface area (Å²) in [5, 5.41) is 6.57. The van der Waals surface area contributed by atoms with Crippen LogP contribution in [0.5, 0.6) is 0 Å². The first-order valence-corrected chi connectivity index (χ1v) is 6.75. The Kier molecular flexibility index (Phi) is 7.66. The van der Waals surface area contributed by atoms with Crippen LogP contribution < -0.4 is 10.6 Å². The van der Waals surface area contributed by atoms with Crippen LogP contribution in [-0.4, -0.2) is 39.8 Å². The second kappa shape index (κ2) is 9.39. The highest BCUT2D eigenvalue weighted by Crippen LogP contribution is 2.02. The van der Waals surface area contributed by atoms with Crippen LogP contribution >= 0.6 is 0 Å². The fourth-order valence-electron chi connectivity index (χ4n) is 1.72. The number of rotatable bonds is 7. The molecule has 0 heterocycles. The van der Waals surface area contributed by atoms with Crippen molar-refractivity contribution in [2.75, 3.05) is 33.9 Å². The number of nitrogens with zero attached hydrogens (tertiary/aromatic N) is 1. The van der Waals surface area contributed by atoms with E-state index in [2.05, 4.69) is 46.8 Å². The van der Waals surface area contributed by atoms with Gasteiger partial charge in [-0.3, -0.25) is 4.99 Å². The third kappa shape index (κ3) is 6.82. The number of aliphatic imine (C=N–C) groups is 1. The molecule has 0 unspecified atom stereocenters. The second-order valence-corrected chi connectivity index (χ2v) is 4.51. The second-order valence-electron chi connectivity index (χ2n) is 4.51. The topological polar surface area (TPSA) is 45.7 Å². The molecule has 2 N–H and O–H groups in total. The maximum atomic E-state index is 5.01. The molecule has 0 amide bonds. The van der Waals surface area contributed by atoms with Gasteiger partial charge in [0.05, 0.1) is 0 Å². The largest absolute Gasteiger partial charge is 0.385 e. The number of nitrogens with one attached hydrogen (secondary N) is 2. The summed E-state index contributed by atoms with van der Waals surface area (Å²) in [4.78, 5) is 4.18. The molecule has 0 bridgehead atoms. The Hall–Kier alpha value is -1.55. The number of methoxy groups -OCH3 is 1. The Balaban J connectivity index is 2.20. The molecule has 0 spiro atoms. The van der Waals surface area contributed by atoms with E-state index in [1.165, 1.54) is 11.1 Å². The van der Waals surface area contributed by atoms with Gasteiger partial charge in [0, 0.05) is 33.9 Å². The molecule has 0 aliphatic carbocycles. The van der Waals surface area contributed by atoms with E-state index in [1.807, 2.05) is 0 Å². The molecule has 0 aliphatic heterocycles. The fraction of sp³-hybridized carbons (Fsp3) is 0.533. The third-order valence-corrected chi connectivity index (χ3v) is 2.87. The van der Waals surface area contributed by atoms with Crippen LogP contribution in [0, 0.1) is 6.92 Å². The van der Waals surface area contributed by atoms with E-state index in [0.29, 0.717) is 0 Å². The molecule has 0 saturated carbocycles. The molecular formula is C15H25N3O. The smallest absolute Gasteiger partial charge is 0.190 e. The van der Waals surface area contributed by atoms with Crippen LogP contribution in [0.2, 0.25) is 0 Å². The molecule has 4 heteroatoms. The van der Waals surface area contributed by atoms with Crippen molar-refractivity contribution in [2.24, 2.45) is 4.99 Å². The van der Waals surface area contributed by atoms with Gasteiger partial charge in [-0.05, 0) is 25.3 Å². The highest BCUT2D eigenvalue weighted by molar-refractivity contribution is 5.79. The highest BCUT2D eigenvalue weighted by atomic mass is 16.5. The SMILES string of the molecule is CN=C(NCCCOC)NCCc1ccc(C)cc1. The summed E-state index contributed by atoms with van der Waals surface area (Å²) in [7, 11) is 3.51. The predicted molar refractivity (Wildman–Crippen MR) is 80.7 cm³/mol. The molecule has 0 radical (unpaired) electrons. The predicted octanol–water partition coefficient (Wildman–Crippen LogP) is 1.74. The first-order valence-electron chi connectivity index (χ1n) is 6.75. The maximum absolute atomic E-state index is 5.01. The zero-order valence-electron chi connectivity index (χ0n) is 12.2. The van der Waals surface area contributed by atoms with Crippen LogP contribution in [0.15, 0.2) is 29.3 Å². The van der Waals surface area contributed by atoms with E-state index < -0.39 is 0 Å². The van der Waals surface area contributed by atoms with E-state index in [4.69, 9.17) is 4.74 Å². The van der Waals surface area contributed by atoms with Crippen molar-refractivity contribution in [3.05, 3.63) is 35.4 Å². The van der Waals surface area contributed by atoms with E-state index in [0.717, 1.165) is 38.5 Å². The van der Waals surface area contributed by atoms with Crippen molar-refractivity contribution >= 4 is 5.96 Å². The molecule has 19 heavy (non-hydrogen) atoms. The van der Waals surface area contributed by atoms with Crippen LogP contribution in [0.4, 0.5) is 0 Å². The summed E-state index contributed by atoms with van der Waals surface area (Å²) in [6.07, 6.45) is 1.98. The van der Waals surface area contributed by atoms with E-state index in [1.54, 1.807) is 14.2 Å². The van der Waals surface area contributed by atoms with Crippen molar-refractivity contribution in [3.8, 4) is 0 Å². The van der Waals surface area contributed by atoms with Gasteiger partial charge in [0.2, 0.25) is 0 Å². The Morgan fingerprint density at radius 1 is 1.16 bits per heavy atom. The zero-order valence-corrected chi connectivity index (χ0v) is 12.2. The number of guanidine groups is 1. The van der Waals surface area contributed by atoms with Crippen molar-refractivity contribution in [1.82, 2.24) is 10.6 Å². The molecule has 0 aromatic heterocycles. The summed E-state index contributed by atoms with van der Waals surface area (Å²) in [5.74, 6) is 0.850. The Morgan fingerprint density at radius 2 is 1.84 bits per heavy atom. The van der Waals surface area contributed by atoms with Gasteiger partial charge in [-0.2, -0.15) is 0 Å². The fourth-order valence-corrected chi connectivity index (χ4v) is 1.72. The van der Waals surface area contributed by atoms with E-state index in [-0.39, 0.29) is 0 Å². The van der Waals surface area contributed by atoms with Crippen molar-refractivity contribution in [2.45, 2.75) is 19.8 Å². The van der Waals surface area contributed by atoms with E-state index >= 15 is 0 Å². The monoisotopic (exact) mass is 263 g/mol. The molecule has 4 nitrogen and oxygen atoms in total. The lowest BCUT2D eigenvalue weighted by Crippen LogP contribution is -2.38. The molecule has 1 rings (SSSR count). The average Bonchev–Trinajstić information content (AvgIpc) is 2.43. The van der Waals surface area contributed by atoms with Gasteiger partial charge in [0.1, 0.15) is 0 Å². The van der Waals surface area contributed by atoms with Crippen molar-refractivity contribution < 1.29 is 4.74 Å². The van der Waals surface area contributed by atoms with E-state index in [9.17, 15) is 0 Å². The Morgan fingerprint density at radius 3 is 2.47 bits per heavy atom. The summed E-state index contributed by atoms with van der Waals surface area (Å²) < 4.78 is 5.01. The molecule has 1 aromatic carbocycles. The van der Waals surface area contributed by atoms with Crippen LogP contribution in [0.3, 0.4) is 0 Å². The van der Waals surface area contributed by atoms with Gasteiger partial charge < -0.3 is 15.4 Å². The van der Waals surface area contributed by atoms with Crippen LogP contribution in [0.25, 0.3) is 0 Å². The van der Waals surface area contributed by atoms with Gasteiger partial charge in [-0.15, -0.1) is 0 Å². The highest BCUT2D eigenvalue weighted by Gasteiger charge is 1.97. The Bertz CT molecular complexity index is 373. The average molecular weight is 263 g/mol. The first kappa shape index (κ1) is 15.5. The van der Waals surface area contributed by atoms with Gasteiger partial charge in [-0.25, -0.2) is 0 Å². The molecule has 0 saturated heterocycles. The zero-order chi connectivity index (χ0) is 13.9. The lowest BCUT2D eigenvalue weighted by molar-refractivity contribution is 0.195. The van der Waals surface area contributed by atoms with Crippen LogP contribution in [0.1, 0.15) is 17.5 Å². The molecular weight excluding hydrogens is 238 g/mol. The molecule has 106 valence electrons. The minimum atomic E-state index is 0.771. The number of aryl methyl sites for hydroxylation is 1. The van der Waals surface area contributed by atoms with Gasteiger partial charge in [0.25, 0.3) is 0 Å². The standard InChI is InChI=1S/C15H25N3O/c1-13-5-7-14(8-6-13)9-11-18-15(16-2)17-10-4-12-19-3/h5-8H,4,9-12H2,1-3H3,(H2,16,17,18). The quantitative estimate of drug-likeness (QED) is 0.447. The maximum Gasteiger partial charge on any atom is 0.190 e. The minimum absolute atomic E-state index is 0.771. The lowest BCUT2D eigenvalue weighted by atomic mass is 10.1. The van der Waals surface area contributed by atoms with Gasteiger partial charge in [-0.1, -0.05) is 29.8 Å². The molecule has 0 aliphatic rings.